The summed E-state index contributed by atoms with van der Waals surface area (Å²) in [5, 5.41) is 2.81. The van der Waals surface area contributed by atoms with Gasteiger partial charge < -0.3 is 10.2 Å². The average molecular weight is 192 g/mol. The highest BCUT2D eigenvalue weighted by atomic mass is 16.2. The molecule has 0 unspecified atom stereocenters. The van der Waals surface area contributed by atoms with Gasteiger partial charge in [-0.25, -0.2) is 4.79 Å². The van der Waals surface area contributed by atoms with E-state index in [0.29, 0.717) is 0 Å². The fourth-order valence-corrected chi connectivity index (χ4v) is 1.18. The number of para-hydroxylation sites is 1. The first-order valence-electron chi connectivity index (χ1n) is 4.81. The molecule has 0 heterocycles. The van der Waals surface area contributed by atoms with Crippen molar-refractivity contribution >= 4 is 11.7 Å². The number of hydrogen-bond donors (Lipinski definition) is 1. The van der Waals surface area contributed by atoms with Gasteiger partial charge in [-0.3, -0.25) is 0 Å². The third-order valence-electron chi connectivity index (χ3n) is 1.93. The monoisotopic (exact) mass is 192 g/mol. The second kappa shape index (κ2) is 5.27. The molecule has 0 bridgehead atoms. The molecule has 0 saturated heterocycles. The van der Waals surface area contributed by atoms with Crippen LogP contribution in [0.4, 0.5) is 10.5 Å². The number of urea groups is 1. The lowest BCUT2D eigenvalue weighted by Gasteiger charge is -2.16. The maximum atomic E-state index is 11.5. The van der Waals surface area contributed by atoms with Crippen molar-refractivity contribution in [3.8, 4) is 0 Å². The molecule has 1 aromatic rings. The smallest absolute Gasteiger partial charge is 0.321 e. The van der Waals surface area contributed by atoms with Gasteiger partial charge in [0, 0.05) is 19.3 Å². The normalized spacial score (nSPS) is 9.57. The molecule has 0 aromatic heterocycles. The molecule has 0 aliphatic rings. The van der Waals surface area contributed by atoms with Crippen molar-refractivity contribution in [1.82, 2.24) is 4.90 Å². The highest BCUT2D eigenvalue weighted by Gasteiger charge is 2.06. The number of nitrogens with one attached hydrogen (secondary N) is 1. The number of nitrogens with zero attached hydrogens (tertiary/aromatic N) is 1. The van der Waals surface area contributed by atoms with Crippen molar-refractivity contribution in [2.75, 3.05) is 18.9 Å². The SMILES string of the molecule is CCCN(C)C(=O)Nc1ccccc1. The zero-order valence-corrected chi connectivity index (χ0v) is 8.66. The molecule has 14 heavy (non-hydrogen) atoms. The van der Waals surface area contributed by atoms with Crippen LogP contribution in [0.3, 0.4) is 0 Å². The van der Waals surface area contributed by atoms with Crippen LogP contribution in [0.1, 0.15) is 13.3 Å². The van der Waals surface area contributed by atoms with Crippen LogP contribution in [0.15, 0.2) is 30.3 Å². The van der Waals surface area contributed by atoms with Crippen LogP contribution in [-0.4, -0.2) is 24.5 Å². The molecule has 0 radical (unpaired) electrons. The second-order valence-electron chi connectivity index (χ2n) is 3.22. The summed E-state index contributed by atoms with van der Waals surface area (Å²) in [6.07, 6.45) is 0.971. The standard InChI is InChI=1S/C11H16N2O/c1-3-9-13(2)11(14)12-10-7-5-4-6-8-10/h4-8H,3,9H2,1-2H3,(H,12,14). The molecular weight excluding hydrogens is 176 g/mol. The van der Waals surface area contributed by atoms with Crippen molar-refractivity contribution in [1.29, 1.82) is 0 Å². The highest BCUT2D eigenvalue weighted by Crippen LogP contribution is 2.05. The summed E-state index contributed by atoms with van der Waals surface area (Å²) >= 11 is 0. The van der Waals surface area contributed by atoms with E-state index in [2.05, 4.69) is 5.32 Å². The zero-order valence-electron chi connectivity index (χ0n) is 8.66. The molecule has 0 aliphatic heterocycles. The predicted octanol–water partition coefficient (Wildman–Crippen LogP) is 2.56. The summed E-state index contributed by atoms with van der Waals surface area (Å²) < 4.78 is 0. The number of carbonyl (C=O) groups excluding carboxylic acids is 1. The Hall–Kier alpha value is -1.51. The largest absolute Gasteiger partial charge is 0.328 e. The van der Waals surface area contributed by atoms with Gasteiger partial charge in [-0.2, -0.15) is 0 Å². The summed E-state index contributed by atoms with van der Waals surface area (Å²) in [6, 6.07) is 9.41. The first-order chi connectivity index (χ1) is 6.74. The quantitative estimate of drug-likeness (QED) is 0.784. The number of anilines is 1. The second-order valence-corrected chi connectivity index (χ2v) is 3.22. The average Bonchev–Trinajstić information content (AvgIpc) is 2.19. The van der Waals surface area contributed by atoms with Crippen molar-refractivity contribution in [3.05, 3.63) is 30.3 Å². The minimum absolute atomic E-state index is 0.0574. The van der Waals surface area contributed by atoms with Gasteiger partial charge in [0.25, 0.3) is 0 Å². The van der Waals surface area contributed by atoms with Crippen LogP contribution < -0.4 is 5.32 Å². The van der Waals surface area contributed by atoms with Gasteiger partial charge >= 0.3 is 6.03 Å². The van der Waals surface area contributed by atoms with E-state index in [0.717, 1.165) is 18.7 Å². The molecule has 0 atom stereocenters. The van der Waals surface area contributed by atoms with E-state index in [1.54, 1.807) is 11.9 Å². The third-order valence-corrected chi connectivity index (χ3v) is 1.93. The lowest BCUT2D eigenvalue weighted by atomic mass is 10.3. The van der Waals surface area contributed by atoms with Gasteiger partial charge in [0.1, 0.15) is 0 Å². The summed E-state index contributed by atoms with van der Waals surface area (Å²) in [5.41, 5.74) is 0.834. The molecule has 0 fully saturated rings. The minimum atomic E-state index is -0.0574. The Morgan fingerprint density at radius 2 is 2.00 bits per heavy atom. The molecule has 1 rings (SSSR count). The van der Waals surface area contributed by atoms with Crippen molar-refractivity contribution in [3.63, 3.8) is 0 Å². The van der Waals surface area contributed by atoms with Gasteiger partial charge in [0.05, 0.1) is 0 Å². The Morgan fingerprint density at radius 1 is 1.36 bits per heavy atom. The van der Waals surface area contributed by atoms with Crippen LogP contribution in [0, 0.1) is 0 Å². The highest BCUT2D eigenvalue weighted by molar-refractivity contribution is 5.88. The van der Waals surface area contributed by atoms with Gasteiger partial charge in [0.2, 0.25) is 0 Å². The predicted molar refractivity (Wildman–Crippen MR) is 58.4 cm³/mol. The number of amides is 2. The van der Waals surface area contributed by atoms with Crippen molar-refractivity contribution in [2.24, 2.45) is 0 Å². The first-order valence-corrected chi connectivity index (χ1v) is 4.81. The molecule has 3 heteroatoms. The van der Waals surface area contributed by atoms with Gasteiger partial charge in [-0.05, 0) is 18.6 Å². The Labute approximate surface area is 84.7 Å². The number of benzene rings is 1. The van der Waals surface area contributed by atoms with E-state index in [9.17, 15) is 4.79 Å². The Balaban J connectivity index is 2.49. The van der Waals surface area contributed by atoms with Crippen LogP contribution in [0.5, 0.6) is 0 Å². The zero-order chi connectivity index (χ0) is 10.4. The van der Waals surface area contributed by atoms with Crippen LogP contribution >= 0.6 is 0 Å². The first kappa shape index (κ1) is 10.6. The fourth-order valence-electron chi connectivity index (χ4n) is 1.18. The summed E-state index contributed by atoms with van der Waals surface area (Å²) in [4.78, 5) is 13.2. The summed E-state index contributed by atoms with van der Waals surface area (Å²) in [5.74, 6) is 0. The van der Waals surface area contributed by atoms with E-state index in [1.165, 1.54) is 0 Å². The lowest BCUT2D eigenvalue weighted by Crippen LogP contribution is -2.31. The van der Waals surface area contributed by atoms with E-state index < -0.39 is 0 Å². The molecule has 0 aliphatic carbocycles. The van der Waals surface area contributed by atoms with Gasteiger partial charge in [-0.1, -0.05) is 25.1 Å². The molecular formula is C11H16N2O. The minimum Gasteiger partial charge on any atom is -0.328 e. The van der Waals surface area contributed by atoms with E-state index in [4.69, 9.17) is 0 Å². The van der Waals surface area contributed by atoms with Crippen LogP contribution in [-0.2, 0) is 0 Å². The molecule has 0 spiro atoms. The molecule has 0 saturated carbocycles. The van der Waals surface area contributed by atoms with Crippen molar-refractivity contribution < 1.29 is 4.79 Å². The summed E-state index contributed by atoms with van der Waals surface area (Å²) in [7, 11) is 1.79. The lowest BCUT2D eigenvalue weighted by molar-refractivity contribution is 0.222. The number of hydrogen-bond acceptors (Lipinski definition) is 1. The maximum Gasteiger partial charge on any atom is 0.321 e. The van der Waals surface area contributed by atoms with E-state index in [1.807, 2.05) is 37.3 Å². The topological polar surface area (TPSA) is 32.3 Å². The van der Waals surface area contributed by atoms with Gasteiger partial charge in [-0.15, -0.1) is 0 Å². The Bertz CT molecular complexity index is 285. The van der Waals surface area contributed by atoms with Crippen LogP contribution in [0.25, 0.3) is 0 Å². The van der Waals surface area contributed by atoms with E-state index >= 15 is 0 Å². The van der Waals surface area contributed by atoms with Crippen LogP contribution in [0.2, 0.25) is 0 Å². The Kier molecular flexibility index (Phi) is 3.98. The number of carbonyl (C=O) groups is 1. The van der Waals surface area contributed by atoms with Crippen molar-refractivity contribution in [2.45, 2.75) is 13.3 Å². The number of rotatable bonds is 3. The molecule has 1 aromatic carbocycles. The molecule has 1 N–H and O–H groups in total. The molecule has 76 valence electrons. The van der Waals surface area contributed by atoms with Gasteiger partial charge in [0.15, 0.2) is 0 Å². The third kappa shape index (κ3) is 3.09. The van der Waals surface area contributed by atoms with E-state index in [-0.39, 0.29) is 6.03 Å². The molecule has 3 nitrogen and oxygen atoms in total. The summed E-state index contributed by atoms with van der Waals surface area (Å²) in [6.45, 7) is 2.82. The molecule has 2 amide bonds. The Morgan fingerprint density at radius 3 is 2.57 bits per heavy atom. The maximum absolute atomic E-state index is 11.5. The fraction of sp³-hybridized carbons (Fsp3) is 0.364.